The van der Waals surface area contributed by atoms with Gasteiger partial charge >= 0.3 is 0 Å². The number of benzene rings is 1. The molecule has 0 amide bonds. The highest BCUT2D eigenvalue weighted by Gasteiger charge is 2.14. The van der Waals surface area contributed by atoms with Gasteiger partial charge in [0.15, 0.2) is 0 Å². The van der Waals surface area contributed by atoms with Crippen molar-refractivity contribution in [3.05, 3.63) is 39.5 Å². The van der Waals surface area contributed by atoms with Gasteiger partial charge in [-0.05, 0) is 41.2 Å². The average Bonchev–Trinajstić information content (AvgIpc) is 2.62. The minimum Gasteiger partial charge on any atom is -0.324 e. The first kappa shape index (κ1) is 13.5. The molecule has 2 rings (SSSR count). The molecule has 0 atom stereocenters. The normalized spacial score (nSPS) is 10.9. The maximum Gasteiger partial charge on any atom is 0.141 e. The van der Waals surface area contributed by atoms with Crippen molar-refractivity contribution in [1.29, 1.82) is 0 Å². The third kappa shape index (κ3) is 2.43. The van der Waals surface area contributed by atoms with E-state index < -0.39 is 5.82 Å². The van der Waals surface area contributed by atoms with Crippen molar-refractivity contribution in [1.82, 2.24) is 14.9 Å². The number of halogens is 3. The van der Waals surface area contributed by atoms with Crippen LogP contribution in [0.3, 0.4) is 0 Å². The second-order valence-electron chi connectivity index (χ2n) is 3.89. The molecule has 0 unspecified atom stereocenters. The lowest BCUT2D eigenvalue weighted by atomic mass is 10.2. The van der Waals surface area contributed by atoms with Gasteiger partial charge < -0.3 is 9.88 Å². The molecule has 6 heteroatoms. The molecule has 0 aliphatic rings. The van der Waals surface area contributed by atoms with E-state index in [9.17, 15) is 4.39 Å². The summed E-state index contributed by atoms with van der Waals surface area (Å²) >= 11 is 9.27. The summed E-state index contributed by atoms with van der Waals surface area (Å²) in [6.45, 7) is 0.657. The Morgan fingerprint density at radius 2 is 2.22 bits per heavy atom. The summed E-state index contributed by atoms with van der Waals surface area (Å²) in [6.07, 6.45) is 0. The van der Waals surface area contributed by atoms with Crippen LogP contribution >= 0.6 is 27.5 Å². The van der Waals surface area contributed by atoms with Gasteiger partial charge in [-0.2, -0.15) is 0 Å². The summed E-state index contributed by atoms with van der Waals surface area (Å²) in [7, 11) is 3.77. The highest BCUT2D eigenvalue weighted by molar-refractivity contribution is 9.10. The Kier molecular flexibility index (Phi) is 4.04. The van der Waals surface area contributed by atoms with Crippen LogP contribution in [0.25, 0.3) is 11.3 Å². The predicted octanol–water partition coefficient (Wildman–Crippen LogP) is 3.36. The van der Waals surface area contributed by atoms with Gasteiger partial charge in [0.1, 0.15) is 21.9 Å². The van der Waals surface area contributed by atoms with Gasteiger partial charge in [-0.15, -0.1) is 0 Å². The summed E-state index contributed by atoms with van der Waals surface area (Å²) in [5.41, 5.74) is 1.54. The second-order valence-corrected chi connectivity index (χ2v) is 5.04. The van der Waals surface area contributed by atoms with Crippen LogP contribution in [0.5, 0.6) is 0 Å². The molecule has 2 aromatic rings. The molecule has 0 spiro atoms. The number of hydrogen-bond acceptors (Lipinski definition) is 2. The molecule has 96 valence electrons. The summed E-state index contributed by atoms with van der Waals surface area (Å²) in [4.78, 5) is 4.51. The molecule has 1 N–H and O–H groups in total. The van der Waals surface area contributed by atoms with Gasteiger partial charge in [0, 0.05) is 12.6 Å². The fourth-order valence-electron chi connectivity index (χ4n) is 1.67. The lowest BCUT2D eigenvalue weighted by molar-refractivity contribution is 0.628. The first-order valence-electron chi connectivity index (χ1n) is 5.35. The Labute approximate surface area is 118 Å². The van der Waals surface area contributed by atoms with E-state index in [0.717, 1.165) is 21.7 Å². The maximum absolute atomic E-state index is 13.1. The van der Waals surface area contributed by atoms with Crippen LogP contribution in [0.2, 0.25) is 5.02 Å². The quantitative estimate of drug-likeness (QED) is 0.934. The minimum atomic E-state index is -0.428. The molecule has 0 radical (unpaired) electrons. The van der Waals surface area contributed by atoms with Crippen molar-refractivity contribution in [3.8, 4) is 11.3 Å². The molecule has 1 aromatic carbocycles. The molecule has 3 nitrogen and oxygen atoms in total. The van der Waals surface area contributed by atoms with E-state index in [0.29, 0.717) is 6.54 Å². The predicted molar refractivity (Wildman–Crippen MR) is 74.1 cm³/mol. The maximum atomic E-state index is 13.1. The zero-order chi connectivity index (χ0) is 13.3. The second kappa shape index (κ2) is 5.38. The van der Waals surface area contributed by atoms with Crippen LogP contribution in [0.15, 0.2) is 22.8 Å². The standard InChI is InChI=1S/C12H12BrClFN3/c1-16-6-10-17-11(12(13)18(10)2)7-3-4-9(15)8(14)5-7/h3-5,16H,6H2,1-2H3. The van der Waals surface area contributed by atoms with E-state index in [2.05, 4.69) is 26.2 Å². The Morgan fingerprint density at radius 3 is 2.83 bits per heavy atom. The smallest absolute Gasteiger partial charge is 0.141 e. The van der Waals surface area contributed by atoms with Crippen LogP contribution in [0, 0.1) is 5.82 Å². The van der Waals surface area contributed by atoms with E-state index >= 15 is 0 Å². The monoisotopic (exact) mass is 331 g/mol. The van der Waals surface area contributed by atoms with E-state index in [-0.39, 0.29) is 5.02 Å². The number of hydrogen-bond donors (Lipinski definition) is 1. The highest BCUT2D eigenvalue weighted by Crippen LogP contribution is 2.30. The molecule has 0 aliphatic carbocycles. The summed E-state index contributed by atoms with van der Waals surface area (Å²) in [5, 5.41) is 3.14. The molecule has 1 heterocycles. The molecule has 0 aliphatic heterocycles. The number of nitrogens with one attached hydrogen (secondary N) is 1. The van der Waals surface area contributed by atoms with Gasteiger partial charge in [-0.1, -0.05) is 11.6 Å². The minimum absolute atomic E-state index is 0.0974. The van der Waals surface area contributed by atoms with Crippen molar-refractivity contribution in [2.75, 3.05) is 7.05 Å². The molecule has 0 fully saturated rings. The molecular formula is C12H12BrClFN3. The van der Waals surface area contributed by atoms with Crippen LogP contribution in [-0.2, 0) is 13.6 Å². The van der Waals surface area contributed by atoms with Crippen molar-refractivity contribution in [2.24, 2.45) is 7.05 Å². The fraction of sp³-hybridized carbons (Fsp3) is 0.250. The van der Waals surface area contributed by atoms with Crippen molar-refractivity contribution >= 4 is 27.5 Å². The van der Waals surface area contributed by atoms with Gasteiger partial charge in [-0.25, -0.2) is 9.37 Å². The van der Waals surface area contributed by atoms with Crippen molar-refractivity contribution in [3.63, 3.8) is 0 Å². The van der Waals surface area contributed by atoms with Crippen molar-refractivity contribution in [2.45, 2.75) is 6.54 Å². The molecule has 18 heavy (non-hydrogen) atoms. The Balaban J connectivity index is 2.50. The van der Waals surface area contributed by atoms with E-state index in [1.54, 1.807) is 12.1 Å². The fourth-order valence-corrected chi connectivity index (χ4v) is 2.37. The van der Waals surface area contributed by atoms with Crippen LogP contribution < -0.4 is 5.32 Å². The molecule has 0 saturated carbocycles. The molecule has 0 saturated heterocycles. The Bertz CT molecular complexity index is 583. The first-order chi connectivity index (χ1) is 8.54. The number of nitrogens with zero attached hydrogens (tertiary/aromatic N) is 2. The molecular weight excluding hydrogens is 321 g/mol. The summed E-state index contributed by atoms with van der Waals surface area (Å²) in [6, 6.07) is 4.58. The van der Waals surface area contributed by atoms with E-state index in [4.69, 9.17) is 11.6 Å². The lowest BCUT2D eigenvalue weighted by Gasteiger charge is -2.01. The van der Waals surface area contributed by atoms with Crippen LogP contribution in [0.4, 0.5) is 4.39 Å². The molecule has 1 aromatic heterocycles. The lowest BCUT2D eigenvalue weighted by Crippen LogP contribution is -2.10. The largest absolute Gasteiger partial charge is 0.324 e. The zero-order valence-electron chi connectivity index (χ0n) is 9.97. The van der Waals surface area contributed by atoms with Crippen LogP contribution in [-0.4, -0.2) is 16.6 Å². The Morgan fingerprint density at radius 1 is 1.50 bits per heavy atom. The topological polar surface area (TPSA) is 29.9 Å². The highest BCUT2D eigenvalue weighted by atomic mass is 79.9. The van der Waals surface area contributed by atoms with Crippen molar-refractivity contribution < 1.29 is 4.39 Å². The summed E-state index contributed by atoms with van der Waals surface area (Å²) < 4.78 is 15.9. The number of rotatable bonds is 3. The third-order valence-corrected chi connectivity index (χ3v) is 3.84. The summed E-state index contributed by atoms with van der Waals surface area (Å²) in [5.74, 6) is 0.461. The van der Waals surface area contributed by atoms with Gasteiger partial charge in [0.05, 0.1) is 11.6 Å². The van der Waals surface area contributed by atoms with E-state index in [1.807, 2.05) is 18.7 Å². The number of imidazole rings is 1. The van der Waals surface area contributed by atoms with Crippen LogP contribution in [0.1, 0.15) is 5.82 Å². The molecule has 0 bridgehead atoms. The van der Waals surface area contributed by atoms with Gasteiger partial charge in [-0.3, -0.25) is 0 Å². The van der Waals surface area contributed by atoms with E-state index in [1.165, 1.54) is 6.07 Å². The van der Waals surface area contributed by atoms with Gasteiger partial charge in [0.25, 0.3) is 0 Å². The zero-order valence-corrected chi connectivity index (χ0v) is 12.3. The number of aromatic nitrogens is 2. The Hall–Kier alpha value is -0.910. The SMILES string of the molecule is CNCc1nc(-c2ccc(F)c(Cl)c2)c(Br)n1C. The third-order valence-electron chi connectivity index (χ3n) is 2.65. The van der Waals surface area contributed by atoms with Gasteiger partial charge in [0.2, 0.25) is 0 Å². The first-order valence-corrected chi connectivity index (χ1v) is 6.52. The average molecular weight is 333 g/mol.